The van der Waals surface area contributed by atoms with Gasteiger partial charge in [-0.25, -0.2) is 4.79 Å². The highest BCUT2D eigenvalue weighted by molar-refractivity contribution is 6.42. The van der Waals surface area contributed by atoms with E-state index in [0.717, 1.165) is 5.56 Å². The zero-order valence-corrected chi connectivity index (χ0v) is 15.9. The van der Waals surface area contributed by atoms with E-state index in [4.69, 9.17) is 27.9 Å². The Kier molecular flexibility index (Phi) is 4.10. The second kappa shape index (κ2) is 5.52. The summed E-state index contributed by atoms with van der Waals surface area (Å²) in [7, 11) is 0. The van der Waals surface area contributed by atoms with Crippen molar-refractivity contribution in [3.63, 3.8) is 0 Å². The average Bonchev–Trinajstić information content (AvgIpc) is 2.82. The number of nitrogens with zero attached hydrogens (tertiary/aromatic N) is 1. The Labute approximate surface area is 152 Å². The van der Waals surface area contributed by atoms with Crippen LogP contribution in [0.2, 0.25) is 10.0 Å². The van der Waals surface area contributed by atoms with Crippen LogP contribution in [0, 0.1) is 11.3 Å². The van der Waals surface area contributed by atoms with E-state index < -0.39 is 5.60 Å². The fourth-order valence-corrected chi connectivity index (χ4v) is 4.51. The second-order valence-electron chi connectivity index (χ2n) is 8.09. The van der Waals surface area contributed by atoms with Crippen LogP contribution in [0.15, 0.2) is 18.2 Å². The van der Waals surface area contributed by atoms with Gasteiger partial charge in [-0.1, -0.05) is 36.2 Å². The first-order valence-electron chi connectivity index (χ1n) is 8.09. The Balaban J connectivity index is 1.90. The summed E-state index contributed by atoms with van der Waals surface area (Å²) in [5.74, 6) is 0.180. The molecule has 1 unspecified atom stereocenters. The summed E-state index contributed by atoms with van der Waals surface area (Å²) in [6, 6.07) is 5.58. The number of amides is 1. The van der Waals surface area contributed by atoms with Crippen LogP contribution in [0.4, 0.5) is 4.79 Å². The van der Waals surface area contributed by atoms with Gasteiger partial charge in [0.1, 0.15) is 5.60 Å². The van der Waals surface area contributed by atoms with Crippen LogP contribution in [-0.2, 0) is 10.2 Å². The normalized spacial score (nSPS) is 31.8. The molecule has 2 aliphatic rings. The molecule has 1 aromatic carbocycles. The molecule has 0 aromatic heterocycles. The number of hydrogen-bond acceptors (Lipinski definition) is 3. The van der Waals surface area contributed by atoms with Gasteiger partial charge in [-0.15, -0.1) is 0 Å². The van der Waals surface area contributed by atoms with Crippen molar-refractivity contribution >= 4 is 29.3 Å². The van der Waals surface area contributed by atoms with Crippen molar-refractivity contribution in [3.05, 3.63) is 33.8 Å². The number of ether oxygens (including phenoxy) is 1. The highest BCUT2D eigenvalue weighted by Gasteiger charge is 2.78. The van der Waals surface area contributed by atoms with Crippen LogP contribution >= 0.6 is 23.2 Å². The maximum Gasteiger partial charge on any atom is 0.410 e. The van der Waals surface area contributed by atoms with E-state index in [1.54, 1.807) is 11.0 Å². The van der Waals surface area contributed by atoms with Gasteiger partial charge in [0.05, 0.1) is 10.0 Å². The van der Waals surface area contributed by atoms with Crippen molar-refractivity contribution in [2.24, 2.45) is 11.3 Å². The number of likely N-dealkylation sites (tertiary alicyclic amines) is 1. The van der Waals surface area contributed by atoms with Crippen molar-refractivity contribution in [2.75, 3.05) is 19.7 Å². The first-order chi connectivity index (χ1) is 11.0. The molecule has 1 aliphatic carbocycles. The summed E-state index contributed by atoms with van der Waals surface area (Å²) in [5.41, 5.74) is -0.0688. The van der Waals surface area contributed by atoms with Crippen molar-refractivity contribution in [2.45, 2.75) is 38.7 Å². The SMILES string of the molecule is CC(C)(C)OC(=O)N1C[C@H]2C(C)(CO)[C@@]2(c2ccc(Cl)c(Cl)c2)C1. The molecular formula is C18H23Cl2NO3. The van der Waals surface area contributed by atoms with Crippen LogP contribution in [0.25, 0.3) is 0 Å². The minimum atomic E-state index is -0.527. The number of benzene rings is 1. The van der Waals surface area contributed by atoms with Crippen molar-refractivity contribution in [1.29, 1.82) is 0 Å². The van der Waals surface area contributed by atoms with E-state index in [1.165, 1.54) is 0 Å². The highest BCUT2D eigenvalue weighted by atomic mass is 35.5. The second-order valence-corrected chi connectivity index (χ2v) is 8.90. The lowest BCUT2D eigenvalue weighted by atomic mass is 9.87. The third kappa shape index (κ3) is 2.51. The van der Waals surface area contributed by atoms with Gasteiger partial charge in [0, 0.05) is 30.5 Å². The molecule has 1 aromatic rings. The molecule has 3 atom stereocenters. The van der Waals surface area contributed by atoms with Gasteiger partial charge in [-0.2, -0.15) is 0 Å². The minimum Gasteiger partial charge on any atom is -0.444 e. The van der Waals surface area contributed by atoms with Gasteiger partial charge in [0.2, 0.25) is 0 Å². The van der Waals surface area contributed by atoms with Crippen LogP contribution in [0.3, 0.4) is 0 Å². The maximum atomic E-state index is 12.4. The zero-order chi connectivity index (χ0) is 17.9. The van der Waals surface area contributed by atoms with E-state index in [1.807, 2.05) is 32.9 Å². The van der Waals surface area contributed by atoms with Gasteiger partial charge in [-0.3, -0.25) is 0 Å². The summed E-state index contributed by atoms with van der Waals surface area (Å²) in [4.78, 5) is 14.1. The number of hydrogen-bond donors (Lipinski definition) is 1. The Morgan fingerprint density at radius 2 is 2.04 bits per heavy atom. The van der Waals surface area contributed by atoms with Crippen molar-refractivity contribution in [3.8, 4) is 0 Å². The maximum absolute atomic E-state index is 12.4. The molecule has 4 nitrogen and oxygen atoms in total. The predicted molar refractivity (Wildman–Crippen MR) is 94.6 cm³/mol. The number of fused-ring (bicyclic) bond motifs is 1. The monoisotopic (exact) mass is 371 g/mol. The van der Waals surface area contributed by atoms with Gasteiger partial charge >= 0.3 is 6.09 Å². The van der Waals surface area contributed by atoms with Gasteiger partial charge < -0.3 is 14.7 Å². The summed E-state index contributed by atoms with van der Waals surface area (Å²) >= 11 is 12.2. The lowest BCUT2D eigenvalue weighted by Gasteiger charge is -2.30. The average molecular weight is 372 g/mol. The third-order valence-corrected chi connectivity index (χ3v) is 6.30. The van der Waals surface area contributed by atoms with E-state index in [2.05, 4.69) is 6.92 Å². The number of halogens is 2. The van der Waals surface area contributed by atoms with E-state index in [-0.39, 0.29) is 29.4 Å². The van der Waals surface area contributed by atoms with Gasteiger partial charge in [0.15, 0.2) is 0 Å². The Bertz CT molecular complexity index is 687. The topological polar surface area (TPSA) is 49.8 Å². The zero-order valence-electron chi connectivity index (χ0n) is 14.4. The van der Waals surface area contributed by atoms with Crippen LogP contribution in [-0.4, -0.2) is 41.4 Å². The largest absolute Gasteiger partial charge is 0.444 e. The first kappa shape index (κ1) is 17.8. The van der Waals surface area contributed by atoms with E-state index >= 15 is 0 Å². The number of rotatable bonds is 2. The quantitative estimate of drug-likeness (QED) is 0.850. The van der Waals surface area contributed by atoms with Gasteiger partial charge in [-0.05, 0) is 44.4 Å². The van der Waals surface area contributed by atoms with Crippen molar-refractivity contribution < 1.29 is 14.6 Å². The minimum absolute atomic E-state index is 0.0695. The lowest BCUT2D eigenvalue weighted by molar-refractivity contribution is 0.0229. The molecular weight excluding hydrogens is 349 g/mol. The van der Waals surface area contributed by atoms with Crippen LogP contribution < -0.4 is 0 Å². The van der Waals surface area contributed by atoms with Crippen LogP contribution in [0.1, 0.15) is 33.3 Å². The summed E-state index contributed by atoms with van der Waals surface area (Å²) in [6.07, 6.45) is -0.311. The highest BCUT2D eigenvalue weighted by Crippen LogP contribution is 2.72. The lowest BCUT2D eigenvalue weighted by Crippen LogP contribution is -2.41. The number of carbonyl (C=O) groups excluding carboxylic acids is 1. The molecule has 3 rings (SSSR count). The molecule has 1 heterocycles. The standard InChI is InChI=1S/C18H23Cl2NO3/c1-16(2,3)24-15(23)21-8-14-17(4,10-22)18(14,9-21)11-5-6-12(19)13(20)7-11/h5-7,14,22H,8-10H2,1-4H3/t14-,17?,18+/m0/s1. The molecule has 132 valence electrons. The molecule has 1 N–H and O–H groups in total. The fraction of sp³-hybridized carbons (Fsp3) is 0.611. The molecule has 6 heteroatoms. The van der Waals surface area contributed by atoms with Crippen molar-refractivity contribution in [1.82, 2.24) is 4.90 Å². The first-order valence-corrected chi connectivity index (χ1v) is 8.85. The predicted octanol–water partition coefficient (Wildman–Crippen LogP) is 4.11. The molecule has 0 radical (unpaired) electrons. The fourth-order valence-electron chi connectivity index (χ4n) is 4.21. The third-order valence-electron chi connectivity index (χ3n) is 5.56. The van der Waals surface area contributed by atoms with E-state index in [0.29, 0.717) is 23.1 Å². The van der Waals surface area contributed by atoms with E-state index in [9.17, 15) is 9.90 Å². The number of piperidine rings is 1. The molecule has 0 spiro atoms. The Hall–Kier alpha value is -0.970. The molecule has 1 amide bonds. The summed E-state index contributed by atoms with van der Waals surface area (Å²) < 4.78 is 5.49. The summed E-state index contributed by atoms with van der Waals surface area (Å²) in [5, 5.41) is 10.9. The number of aliphatic hydroxyl groups is 1. The Morgan fingerprint density at radius 1 is 1.38 bits per heavy atom. The molecule has 0 bridgehead atoms. The smallest absolute Gasteiger partial charge is 0.410 e. The number of aliphatic hydroxyl groups excluding tert-OH is 1. The van der Waals surface area contributed by atoms with Crippen LogP contribution in [0.5, 0.6) is 0 Å². The molecule has 1 aliphatic heterocycles. The molecule has 1 saturated carbocycles. The van der Waals surface area contributed by atoms with Gasteiger partial charge in [0.25, 0.3) is 0 Å². The number of carbonyl (C=O) groups is 1. The molecule has 2 fully saturated rings. The molecule has 24 heavy (non-hydrogen) atoms. The molecule has 1 saturated heterocycles. The summed E-state index contributed by atoms with van der Waals surface area (Å²) in [6.45, 7) is 8.79. The Morgan fingerprint density at radius 3 is 2.58 bits per heavy atom.